The SMILES string of the molecule is CC(C)Cc1noc(CN2CC(c3ccccc3Cl)c3c([nH]c4ccccc34)C2C)n1. The topological polar surface area (TPSA) is 58.0 Å². The molecule has 0 bridgehead atoms. The molecule has 31 heavy (non-hydrogen) atoms. The molecule has 5 rings (SSSR count). The normalized spacial score (nSPS) is 19.3. The van der Waals surface area contributed by atoms with E-state index in [0.717, 1.165) is 34.9 Å². The van der Waals surface area contributed by atoms with Crippen LogP contribution >= 0.6 is 11.6 Å². The Labute approximate surface area is 187 Å². The standard InChI is InChI=1S/C25H27ClN4O/c1-15(2)12-22-28-23(31-29-22)14-30-13-19(17-8-4-6-10-20(17)26)24-18-9-5-7-11-21(18)27-25(24)16(30)3/h4-11,15-16,19,27H,12-14H2,1-3H3. The number of halogens is 1. The van der Waals surface area contributed by atoms with Crippen molar-refractivity contribution in [3.8, 4) is 0 Å². The Bertz CT molecular complexity index is 1210. The van der Waals surface area contributed by atoms with Gasteiger partial charge in [-0.3, -0.25) is 4.90 Å². The molecule has 6 heteroatoms. The van der Waals surface area contributed by atoms with Crippen LogP contribution in [-0.2, 0) is 13.0 Å². The summed E-state index contributed by atoms with van der Waals surface area (Å²) in [5.74, 6) is 2.11. The van der Waals surface area contributed by atoms with E-state index >= 15 is 0 Å². The van der Waals surface area contributed by atoms with E-state index in [0.29, 0.717) is 18.4 Å². The predicted molar refractivity (Wildman–Crippen MR) is 123 cm³/mol. The summed E-state index contributed by atoms with van der Waals surface area (Å²) in [4.78, 5) is 10.7. The number of rotatable bonds is 5. The van der Waals surface area contributed by atoms with Gasteiger partial charge in [-0.1, -0.05) is 67.0 Å². The number of nitrogens with zero attached hydrogens (tertiary/aromatic N) is 3. The van der Waals surface area contributed by atoms with E-state index in [1.54, 1.807) is 0 Å². The zero-order valence-corrected chi connectivity index (χ0v) is 18.9. The van der Waals surface area contributed by atoms with Crippen LogP contribution in [0.3, 0.4) is 0 Å². The number of fused-ring (bicyclic) bond motifs is 3. The summed E-state index contributed by atoms with van der Waals surface area (Å²) < 4.78 is 5.59. The quantitative estimate of drug-likeness (QED) is 0.411. The molecule has 3 heterocycles. The fourth-order valence-electron chi connectivity index (χ4n) is 4.75. The Kier molecular flexibility index (Phi) is 5.32. The fraction of sp³-hybridized carbons (Fsp3) is 0.360. The molecule has 0 aliphatic carbocycles. The van der Waals surface area contributed by atoms with Crippen LogP contribution in [0.4, 0.5) is 0 Å². The molecule has 0 amide bonds. The highest BCUT2D eigenvalue weighted by molar-refractivity contribution is 6.31. The predicted octanol–water partition coefficient (Wildman–Crippen LogP) is 6.11. The third-order valence-electron chi connectivity index (χ3n) is 6.23. The van der Waals surface area contributed by atoms with Crippen molar-refractivity contribution in [2.75, 3.05) is 6.54 Å². The number of hydrogen-bond donors (Lipinski definition) is 1. The number of aromatic amines is 1. The van der Waals surface area contributed by atoms with Crippen LogP contribution < -0.4 is 0 Å². The number of benzene rings is 2. The van der Waals surface area contributed by atoms with Crippen LogP contribution in [0.5, 0.6) is 0 Å². The first kappa shape index (κ1) is 20.3. The Hall–Kier alpha value is -2.63. The second-order valence-electron chi connectivity index (χ2n) is 8.88. The molecule has 0 saturated heterocycles. The summed E-state index contributed by atoms with van der Waals surface area (Å²) in [6, 6.07) is 16.9. The van der Waals surface area contributed by atoms with Crippen LogP contribution in [0.15, 0.2) is 53.1 Å². The minimum absolute atomic E-state index is 0.161. The van der Waals surface area contributed by atoms with Gasteiger partial charge in [0.1, 0.15) is 0 Å². The molecule has 5 nitrogen and oxygen atoms in total. The Balaban J connectivity index is 1.55. The van der Waals surface area contributed by atoms with E-state index in [4.69, 9.17) is 16.1 Å². The first-order valence-corrected chi connectivity index (χ1v) is 11.3. The highest BCUT2D eigenvalue weighted by atomic mass is 35.5. The van der Waals surface area contributed by atoms with Crippen LogP contribution in [0.1, 0.15) is 61.3 Å². The van der Waals surface area contributed by atoms with E-state index in [1.165, 1.54) is 16.6 Å². The first-order chi connectivity index (χ1) is 15.0. The molecule has 0 saturated carbocycles. The van der Waals surface area contributed by atoms with Gasteiger partial charge in [0, 0.05) is 46.5 Å². The summed E-state index contributed by atoms with van der Waals surface area (Å²) in [7, 11) is 0. The Morgan fingerprint density at radius 3 is 2.74 bits per heavy atom. The Morgan fingerprint density at radius 2 is 1.94 bits per heavy atom. The van der Waals surface area contributed by atoms with Crippen molar-refractivity contribution in [1.29, 1.82) is 0 Å². The number of H-pyrrole nitrogens is 1. The second kappa shape index (κ2) is 8.13. The van der Waals surface area contributed by atoms with Gasteiger partial charge >= 0.3 is 0 Å². The van der Waals surface area contributed by atoms with E-state index < -0.39 is 0 Å². The smallest absolute Gasteiger partial charge is 0.240 e. The van der Waals surface area contributed by atoms with Gasteiger partial charge < -0.3 is 9.51 Å². The lowest BCUT2D eigenvalue weighted by Crippen LogP contribution is -2.36. The fourth-order valence-corrected chi connectivity index (χ4v) is 5.01. The van der Waals surface area contributed by atoms with Gasteiger partial charge in [0.15, 0.2) is 5.82 Å². The third-order valence-corrected chi connectivity index (χ3v) is 6.57. The van der Waals surface area contributed by atoms with Gasteiger partial charge in [-0.2, -0.15) is 4.98 Å². The van der Waals surface area contributed by atoms with Crippen molar-refractivity contribution < 1.29 is 4.52 Å². The van der Waals surface area contributed by atoms with Crippen LogP contribution in [-0.4, -0.2) is 26.6 Å². The molecule has 1 aliphatic rings. The van der Waals surface area contributed by atoms with Crippen molar-refractivity contribution in [2.24, 2.45) is 5.92 Å². The van der Waals surface area contributed by atoms with Gasteiger partial charge in [-0.15, -0.1) is 0 Å². The van der Waals surface area contributed by atoms with E-state index in [2.05, 4.69) is 77.2 Å². The summed E-state index contributed by atoms with van der Waals surface area (Å²) in [6.45, 7) is 8.01. The number of para-hydroxylation sites is 1. The maximum atomic E-state index is 6.67. The molecule has 4 aromatic rings. The molecule has 0 spiro atoms. The van der Waals surface area contributed by atoms with E-state index in [1.807, 2.05) is 12.1 Å². The molecule has 2 atom stereocenters. The first-order valence-electron chi connectivity index (χ1n) is 10.9. The van der Waals surface area contributed by atoms with Crippen molar-refractivity contribution in [3.63, 3.8) is 0 Å². The average molecular weight is 435 g/mol. The lowest BCUT2D eigenvalue weighted by atomic mass is 9.83. The maximum Gasteiger partial charge on any atom is 0.240 e. The minimum Gasteiger partial charge on any atom is -0.357 e. The molecular formula is C25H27ClN4O. The van der Waals surface area contributed by atoms with Crippen LogP contribution in [0.2, 0.25) is 5.02 Å². The van der Waals surface area contributed by atoms with Gasteiger partial charge in [-0.05, 0) is 36.1 Å². The number of aromatic nitrogens is 3. The molecule has 1 aliphatic heterocycles. The molecule has 0 radical (unpaired) electrons. The molecule has 160 valence electrons. The minimum atomic E-state index is 0.161. The van der Waals surface area contributed by atoms with Crippen molar-refractivity contribution in [1.82, 2.24) is 20.0 Å². The monoisotopic (exact) mass is 434 g/mol. The van der Waals surface area contributed by atoms with Crippen molar-refractivity contribution in [2.45, 2.75) is 45.7 Å². The average Bonchev–Trinajstić information content (AvgIpc) is 3.35. The second-order valence-corrected chi connectivity index (χ2v) is 9.29. The lowest BCUT2D eigenvalue weighted by molar-refractivity contribution is 0.154. The maximum absolute atomic E-state index is 6.67. The molecule has 2 unspecified atom stereocenters. The highest BCUT2D eigenvalue weighted by Crippen LogP contribution is 2.44. The van der Waals surface area contributed by atoms with Crippen molar-refractivity contribution >= 4 is 22.5 Å². The van der Waals surface area contributed by atoms with Crippen molar-refractivity contribution in [3.05, 3.63) is 82.1 Å². The van der Waals surface area contributed by atoms with Gasteiger partial charge in [-0.25, -0.2) is 0 Å². The largest absolute Gasteiger partial charge is 0.357 e. The molecule has 1 N–H and O–H groups in total. The summed E-state index contributed by atoms with van der Waals surface area (Å²) in [6.07, 6.45) is 0.827. The summed E-state index contributed by atoms with van der Waals surface area (Å²) >= 11 is 6.67. The molecule has 2 aromatic heterocycles. The van der Waals surface area contributed by atoms with E-state index in [-0.39, 0.29) is 12.0 Å². The zero-order chi connectivity index (χ0) is 21.5. The third kappa shape index (κ3) is 3.77. The highest BCUT2D eigenvalue weighted by Gasteiger charge is 2.36. The number of nitrogens with one attached hydrogen (secondary N) is 1. The van der Waals surface area contributed by atoms with Gasteiger partial charge in [0.2, 0.25) is 5.89 Å². The summed E-state index contributed by atoms with van der Waals surface area (Å²) in [5.41, 5.74) is 4.89. The molecule has 2 aromatic carbocycles. The van der Waals surface area contributed by atoms with E-state index in [9.17, 15) is 0 Å². The van der Waals surface area contributed by atoms with Crippen LogP contribution in [0.25, 0.3) is 10.9 Å². The Morgan fingerprint density at radius 1 is 1.16 bits per heavy atom. The summed E-state index contributed by atoms with van der Waals surface area (Å²) in [5, 5.41) is 6.25. The molecular weight excluding hydrogens is 408 g/mol. The van der Waals surface area contributed by atoms with Gasteiger partial charge in [0.05, 0.1) is 6.54 Å². The molecule has 0 fully saturated rings. The number of hydrogen-bond acceptors (Lipinski definition) is 4. The van der Waals surface area contributed by atoms with Crippen LogP contribution in [0, 0.1) is 5.92 Å². The lowest BCUT2D eigenvalue weighted by Gasteiger charge is -2.37. The van der Waals surface area contributed by atoms with Gasteiger partial charge in [0.25, 0.3) is 0 Å². The zero-order valence-electron chi connectivity index (χ0n) is 18.1.